The van der Waals surface area contributed by atoms with E-state index in [1.165, 1.54) is 0 Å². The van der Waals surface area contributed by atoms with Gasteiger partial charge in [-0.15, -0.1) is 0 Å². The molecule has 30 heavy (non-hydrogen) atoms. The van der Waals surface area contributed by atoms with Crippen molar-refractivity contribution in [3.63, 3.8) is 0 Å². The van der Waals surface area contributed by atoms with Crippen molar-refractivity contribution in [3.8, 4) is 17.0 Å². The molecule has 0 bridgehead atoms. The first-order chi connectivity index (χ1) is 14.2. The number of hydrogen-bond donors (Lipinski definition) is 0. The zero-order valence-corrected chi connectivity index (χ0v) is 15.3. The highest BCUT2D eigenvalue weighted by atomic mass is 32.2. The van der Waals surface area contributed by atoms with Crippen LogP contribution in [0.1, 0.15) is 0 Å². The Morgan fingerprint density at radius 3 is 2.03 bits per heavy atom. The summed E-state index contributed by atoms with van der Waals surface area (Å²) in [6.07, 6.45) is 0. The summed E-state index contributed by atoms with van der Waals surface area (Å²) in [6.45, 7) is 0. The van der Waals surface area contributed by atoms with Crippen LogP contribution in [0.3, 0.4) is 0 Å². The van der Waals surface area contributed by atoms with Crippen LogP contribution in [-0.4, -0.2) is 13.6 Å². The van der Waals surface area contributed by atoms with Crippen molar-refractivity contribution in [3.05, 3.63) is 77.6 Å². The van der Waals surface area contributed by atoms with Crippen molar-refractivity contribution in [2.45, 2.75) is 5.09 Å². The summed E-state index contributed by atoms with van der Waals surface area (Å²) in [5.74, 6) is -14.0. The lowest BCUT2D eigenvalue weighted by Gasteiger charge is -2.08. The second-order valence-corrected chi connectivity index (χ2v) is 7.51. The first-order valence-corrected chi connectivity index (χ1v) is 9.51. The van der Waals surface area contributed by atoms with Gasteiger partial charge in [-0.25, -0.2) is 13.2 Å². The lowest BCUT2D eigenvalue weighted by molar-refractivity contribution is 0.315. The van der Waals surface area contributed by atoms with E-state index in [1.807, 2.05) is 18.2 Å². The molecule has 0 aliphatic rings. The normalized spacial score (nSPS) is 11.8. The van der Waals surface area contributed by atoms with Crippen molar-refractivity contribution < 1.29 is 39.1 Å². The fourth-order valence-corrected chi connectivity index (χ4v) is 3.50. The van der Waals surface area contributed by atoms with E-state index in [1.54, 1.807) is 24.3 Å². The Hall–Kier alpha value is -3.47. The van der Waals surface area contributed by atoms with Crippen LogP contribution in [0.25, 0.3) is 22.0 Å². The molecule has 154 valence electrons. The Bertz CT molecular complexity index is 1370. The summed E-state index contributed by atoms with van der Waals surface area (Å²) in [6, 6.07) is 13.3. The molecule has 0 atom stereocenters. The first-order valence-electron chi connectivity index (χ1n) is 8.11. The predicted octanol–water partition coefficient (Wildman–Crippen LogP) is 4.96. The van der Waals surface area contributed by atoms with Gasteiger partial charge in [-0.3, -0.25) is 0 Å². The first kappa shape index (κ1) is 19.8. The smallest absolute Gasteiger partial charge is 0.370 e. The fourth-order valence-electron chi connectivity index (χ4n) is 2.67. The number of benzene rings is 3. The van der Waals surface area contributed by atoms with E-state index >= 15 is 0 Å². The fraction of sp³-hybridized carbons (Fsp3) is 0. The zero-order chi connectivity index (χ0) is 21.6. The van der Waals surface area contributed by atoms with Crippen LogP contribution in [0.5, 0.6) is 5.75 Å². The Kier molecular flexibility index (Phi) is 4.69. The number of halogens is 5. The zero-order valence-electron chi connectivity index (χ0n) is 14.5. The summed E-state index contributed by atoms with van der Waals surface area (Å²) in [4.78, 5) is 0. The molecule has 0 radical (unpaired) electrons. The van der Waals surface area contributed by atoms with Crippen LogP contribution in [0.15, 0.2) is 58.1 Å². The van der Waals surface area contributed by atoms with Crippen LogP contribution in [0.4, 0.5) is 22.0 Å². The minimum absolute atomic E-state index is 0.0420. The number of aromatic nitrogens is 1. The highest BCUT2D eigenvalue weighted by Gasteiger charge is 2.32. The van der Waals surface area contributed by atoms with Crippen LogP contribution in [0, 0.1) is 29.1 Å². The van der Waals surface area contributed by atoms with E-state index in [9.17, 15) is 30.4 Å². The monoisotopic (exact) mass is 441 g/mol. The molecule has 0 spiro atoms. The third-order valence-electron chi connectivity index (χ3n) is 4.14. The molecule has 1 aromatic heterocycles. The third-order valence-corrected chi connectivity index (χ3v) is 5.21. The average molecular weight is 441 g/mol. The van der Waals surface area contributed by atoms with E-state index in [0.717, 1.165) is 16.8 Å². The number of fused-ring (bicyclic) bond motifs is 1. The molecule has 0 saturated carbocycles. The lowest BCUT2D eigenvalue weighted by Crippen LogP contribution is -2.14. The largest absolute Gasteiger partial charge is 0.376 e. The molecule has 0 aliphatic carbocycles. The van der Waals surface area contributed by atoms with Crippen molar-refractivity contribution in [1.82, 2.24) is 5.16 Å². The van der Waals surface area contributed by atoms with Crippen molar-refractivity contribution in [2.24, 2.45) is 0 Å². The second-order valence-electron chi connectivity index (χ2n) is 6.03. The molecule has 0 fully saturated rings. The molecule has 0 saturated heterocycles. The van der Waals surface area contributed by atoms with E-state index < -0.39 is 50.0 Å². The standard InChI is InChI=1S/C19H8F5NO4S/c20-14-15(21)17(23)19(18(24)16(14)22)29-30(26,27)13-8-12(25-28-13)11-6-5-9-3-1-2-4-10(9)7-11/h1-8H. The molecule has 4 rings (SSSR count). The predicted molar refractivity (Wildman–Crippen MR) is 93.5 cm³/mol. The Balaban J connectivity index is 1.71. The Morgan fingerprint density at radius 1 is 0.767 bits per heavy atom. The van der Waals surface area contributed by atoms with Gasteiger partial charge in [0.05, 0.1) is 0 Å². The highest BCUT2D eigenvalue weighted by molar-refractivity contribution is 7.87. The molecule has 0 unspecified atom stereocenters. The van der Waals surface area contributed by atoms with Crippen LogP contribution in [0.2, 0.25) is 0 Å². The van der Waals surface area contributed by atoms with Crippen LogP contribution < -0.4 is 4.18 Å². The van der Waals surface area contributed by atoms with E-state index in [-0.39, 0.29) is 5.69 Å². The molecule has 11 heteroatoms. The summed E-state index contributed by atoms with van der Waals surface area (Å²) < 4.78 is 100. The van der Waals surface area contributed by atoms with Gasteiger partial charge < -0.3 is 8.71 Å². The maximum atomic E-state index is 13.7. The van der Waals surface area contributed by atoms with Gasteiger partial charge in [-0.05, 0) is 16.8 Å². The van der Waals surface area contributed by atoms with Crippen molar-refractivity contribution in [1.29, 1.82) is 0 Å². The molecular formula is C19H8F5NO4S. The second kappa shape index (κ2) is 7.10. The molecule has 1 heterocycles. The van der Waals surface area contributed by atoms with Gasteiger partial charge in [0.25, 0.3) is 5.09 Å². The van der Waals surface area contributed by atoms with Crippen molar-refractivity contribution in [2.75, 3.05) is 0 Å². The molecule has 0 aliphatic heterocycles. The number of nitrogens with zero attached hydrogens (tertiary/aromatic N) is 1. The lowest BCUT2D eigenvalue weighted by atomic mass is 10.1. The summed E-state index contributed by atoms with van der Waals surface area (Å²) in [5, 5.41) is 4.30. The maximum Gasteiger partial charge on any atom is 0.376 e. The number of rotatable bonds is 4. The number of hydrogen-bond acceptors (Lipinski definition) is 5. The van der Waals surface area contributed by atoms with Crippen molar-refractivity contribution >= 4 is 20.9 Å². The van der Waals surface area contributed by atoms with Gasteiger partial charge >= 0.3 is 10.1 Å². The van der Waals surface area contributed by atoms with Gasteiger partial charge in [0, 0.05) is 11.6 Å². The molecule has 3 aromatic carbocycles. The Labute approximate surface area is 165 Å². The quantitative estimate of drug-likeness (QED) is 0.194. The summed E-state index contributed by atoms with van der Waals surface area (Å²) in [7, 11) is -5.10. The van der Waals surface area contributed by atoms with Gasteiger partial charge in [-0.2, -0.15) is 17.2 Å². The SMILES string of the molecule is O=S(=O)(Oc1c(F)c(F)c(F)c(F)c1F)c1cc(-c2ccc3ccccc3c2)no1. The Morgan fingerprint density at radius 2 is 1.37 bits per heavy atom. The topological polar surface area (TPSA) is 69.4 Å². The van der Waals surface area contributed by atoms with Crippen LogP contribution in [-0.2, 0) is 10.1 Å². The highest BCUT2D eigenvalue weighted by Crippen LogP contribution is 2.32. The minimum atomic E-state index is -5.10. The summed E-state index contributed by atoms with van der Waals surface area (Å²) >= 11 is 0. The molecule has 0 N–H and O–H groups in total. The van der Waals surface area contributed by atoms with E-state index in [0.29, 0.717) is 5.56 Å². The molecule has 5 nitrogen and oxygen atoms in total. The third kappa shape index (κ3) is 3.26. The molecule has 0 amide bonds. The van der Waals surface area contributed by atoms with Gasteiger partial charge in [0.15, 0.2) is 0 Å². The molecular weight excluding hydrogens is 433 g/mol. The summed E-state index contributed by atoms with van der Waals surface area (Å²) in [5.41, 5.74) is 0.496. The molecule has 4 aromatic rings. The van der Waals surface area contributed by atoms with Gasteiger partial charge in [-0.1, -0.05) is 41.6 Å². The average Bonchev–Trinajstić information content (AvgIpc) is 3.25. The minimum Gasteiger partial charge on any atom is -0.370 e. The maximum absolute atomic E-state index is 13.7. The van der Waals surface area contributed by atoms with Gasteiger partial charge in [0.1, 0.15) is 5.69 Å². The van der Waals surface area contributed by atoms with Gasteiger partial charge in [0.2, 0.25) is 34.8 Å². The van der Waals surface area contributed by atoms with Crippen LogP contribution >= 0.6 is 0 Å². The van der Waals surface area contributed by atoms with E-state index in [2.05, 4.69) is 13.9 Å². The van der Waals surface area contributed by atoms with E-state index in [4.69, 9.17) is 0 Å².